The van der Waals surface area contributed by atoms with E-state index in [2.05, 4.69) is 37.4 Å². The zero-order chi connectivity index (χ0) is 11.2. The number of hydrogen-bond donors (Lipinski definition) is 2. The van der Waals surface area contributed by atoms with E-state index in [1.807, 2.05) is 6.07 Å². The van der Waals surface area contributed by atoms with Crippen LogP contribution in [0.4, 0.5) is 5.82 Å². The second-order valence-electron chi connectivity index (χ2n) is 3.06. The number of aromatic amines is 1. The van der Waals surface area contributed by atoms with Crippen LogP contribution in [0.5, 0.6) is 0 Å². The van der Waals surface area contributed by atoms with Gasteiger partial charge in [0.2, 0.25) is 0 Å². The summed E-state index contributed by atoms with van der Waals surface area (Å²) in [5, 5.41) is 11.3. The molecule has 2 aromatic rings. The largest absolute Gasteiger partial charge is 0.370 e. The van der Waals surface area contributed by atoms with Crippen molar-refractivity contribution >= 4 is 17.6 Å². The Morgan fingerprint density at radius 3 is 3.00 bits per heavy atom. The molecule has 0 bridgehead atoms. The molecule has 2 rings (SSSR count). The van der Waals surface area contributed by atoms with E-state index in [4.69, 9.17) is 0 Å². The van der Waals surface area contributed by atoms with Crippen LogP contribution in [-0.2, 0) is 0 Å². The van der Waals surface area contributed by atoms with E-state index in [1.54, 1.807) is 0 Å². The molecule has 0 radical (unpaired) electrons. The number of nitrogens with one attached hydrogen (secondary N) is 2. The van der Waals surface area contributed by atoms with Crippen molar-refractivity contribution in [2.75, 3.05) is 11.9 Å². The zero-order valence-electron chi connectivity index (χ0n) is 8.84. The molecule has 0 aromatic carbocycles. The van der Waals surface area contributed by atoms with Gasteiger partial charge >= 0.3 is 0 Å². The van der Waals surface area contributed by atoms with Crippen LogP contribution in [0, 0.1) is 0 Å². The van der Waals surface area contributed by atoms with Gasteiger partial charge < -0.3 is 5.32 Å². The van der Waals surface area contributed by atoms with Crippen molar-refractivity contribution in [2.24, 2.45) is 0 Å². The lowest BCUT2D eigenvalue weighted by molar-refractivity contribution is 0.945. The Balaban J connectivity index is 2.04. The van der Waals surface area contributed by atoms with Gasteiger partial charge in [0, 0.05) is 12.6 Å². The van der Waals surface area contributed by atoms with Crippen molar-refractivity contribution in [3.8, 4) is 0 Å². The Hall–Kier alpha value is -1.63. The van der Waals surface area contributed by atoms with Crippen molar-refractivity contribution in [2.45, 2.75) is 23.5 Å². The topological polar surface area (TPSA) is 79.4 Å². The van der Waals surface area contributed by atoms with Gasteiger partial charge in [0.1, 0.15) is 23.5 Å². The summed E-state index contributed by atoms with van der Waals surface area (Å²) in [6.07, 6.45) is 4.07. The van der Waals surface area contributed by atoms with Crippen LogP contribution in [0.1, 0.15) is 13.3 Å². The second-order valence-corrected chi connectivity index (χ2v) is 4.07. The van der Waals surface area contributed by atoms with Crippen LogP contribution >= 0.6 is 11.8 Å². The summed E-state index contributed by atoms with van der Waals surface area (Å²) in [6, 6.07) is 1.89. The maximum absolute atomic E-state index is 4.15. The highest BCUT2D eigenvalue weighted by Crippen LogP contribution is 2.22. The molecule has 0 amide bonds. The average Bonchev–Trinajstić information content (AvgIpc) is 2.80. The van der Waals surface area contributed by atoms with Gasteiger partial charge in [-0.25, -0.2) is 15.0 Å². The quantitative estimate of drug-likeness (QED) is 0.767. The third-order valence-corrected chi connectivity index (χ3v) is 2.61. The van der Waals surface area contributed by atoms with E-state index >= 15 is 0 Å². The Labute approximate surface area is 97.3 Å². The number of H-pyrrole nitrogens is 1. The number of aromatic nitrogens is 5. The lowest BCUT2D eigenvalue weighted by atomic mass is 10.4. The number of rotatable bonds is 5. The molecule has 0 saturated heterocycles. The first kappa shape index (κ1) is 10.9. The molecule has 0 aliphatic heterocycles. The molecule has 2 heterocycles. The lowest BCUT2D eigenvalue weighted by Gasteiger charge is -2.03. The van der Waals surface area contributed by atoms with E-state index in [1.165, 1.54) is 24.4 Å². The smallest absolute Gasteiger partial charge is 0.189 e. The van der Waals surface area contributed by atoms with E-state index in [0.717, 1.165) is 29.0 Å². The van der Waals surface area contributed by atoms with Gasteiger partial charge in [0.25, 0.3) is 0 Å². The maximum atomic E-state index is 4.15. The SMILES string of the molecule is CCCNc1cc(Sc2ncn[nH]2)ncn1. The third kappa shape index (κ3) is 2.93. The van der Waals surface area contributed by atoms with Crippen LogP contribution in [0.3, 0.4) is 0 Å². The summed E-state index contributed by atoms with van der Waals surface area (Å²) >= 11 is 1.42. The van der Waals surface area contributed by atoms with E-state index in [0.29, 0.717) is 0 Å². The fraction of sp³-hybridized carbons (Fsp3) is 0.333. The molecule has 0 saturated carbocycles. The summed E-state index contributed by atoms with van der Waals surface area (Å²) < 4.78 is 0. The van der Waals surface area contributed by atoms with Crippen LogP contribution in [0.2, 0.25) is 0 Å². The van der Waals surface area contributed by atoms with E-state index in [-0.39, 0.29) is 0 Å². The molecule has 16 heavy (non-hydrogen) atoms. The molecule has 2 N–H and O–H groups in total. The van der Waals surface area contributed by atoms with Gasteiger partial charge in [-0.1, -0.05) is 6.92 Å². The van der Waals surface area contributed by atoms with Gasteiger partial charge in [0.15, 0.2) is 5.16 Å². The summed E-state index contributed by atoms with van der Waals surface area (Å²) in [6.45, 7) is 3.02. The van der Waals surface area contributed by atoms with Gasteiger partial charge in [-0.2, -0.15) is 5.10 Å². The van der Waals surface area contributed by atoms with Gasteiger partial charge in [0.05, 0.1) is 0 Å². The van der Waals surface area contributed by atoms with E-state index < -0.39 is 0 Å². The minimum atomic E-state index is 0.722. The molecular weight excluding hydrogens is 224 g/mol. The molecule has 0 unspecified atom stereocenters. The van der Waals surface area contributed by atoms with Gasteiger partial charge in [-0.3, -0.25) is 5.10 Å². The first-order valence-corrected chi connectivity index (χ1v) is 5.79. The van der Waals surface area contributed by atoms with Crippen molar-refractivity contribution in [3.05, 3.63) is 18.7 Å². The predicted octanol–water partition coefficient (Wildman–Crippen LogP) is 1.57. The molecule has 0 atom stereocenters. The van der Waals surface area contributed by atoms with Gasteiger partial charge in [-0.15, -0.1) is 0 Å². The number of anilines is 1. The number of hydrogen-bond acceptors (Lipinski definition) is 6. The minimum absolute atomic E-state index is 0.722. The van der Waals surface area contributed by atoms with Crippen molar-refractivity contribution in [3.63, 3.8) is 0 Å². The molecule has 7 heteroatoms. The summed E-state index contributed by atoms with van der Waals surface area (Å²) in [7, 11) is 0. The molecule has 84 valence electrons. The highest BCUT2D eigenvalue weighted by Gasteiger charge is 2.02. The van der Waals surface area contributed by atoms with Crippen LogP contribution < -0.4 is 5.32 Å². The first-order chi connectivity index (χ1) is 7.88. The summed E-state index contributed by atoms with van der Waals surface area (Å²) in [4.78, 5) is 12.3. The Bertz CT molecular complexity index is 429. The highest BCUT2D eigenvalue weighted by molar-refractivity contribution is 7.99. The Kier molecular flexibility index (Phi) is 3.71. The van der Waals surface area contributed by atoms with Crippen molar-refractivity contribution < 1.29 is 0 Å². The highest BCUT2D eigenvalue weighted by atomic mass is 32.2. The predicted molar refractivity (Wildman–Crippen MR) is 61.3 cm³/mol. The van der Waals surface area contributed by atoms with Crippen LogP contribution in [0.15, 0.2) is 28.9 Å². The summed E-state index contributed by atoms with van der Waals surface area (Å²) in [5.74, 6) is 0.832. The maximum Gasteiger partial charge on any atom is 0.189 e. The molecule has 0 aliphatic carbocycles. The Morgan fingerprint density at radius 2 is 2.25 bits per heavy atom. The standard InChI is InChI=1S/C9H12N6S/c1-2-3-10-7-4-8(12-5-11-7)16-9-13-6-14-15-9/h4-6H,2-3H2,1H3,(H,10,11,12)(H,13,14,15). The van der Waals surface area contributed by atoms with Crippen LogP contribution in [-0.4, -0.2) is 31.7 Å². The fourth-order valence-electron chi connectivity index (χ4n) is 1.09. The molecule has 0 aliphatic rings. The lowest BCUT2D eigenvalue weighted by Crippen LogP contribution is -2.02. The second kappa shape index (κ2) is 5.45. The Morgan fingerprint density at radius 1 is 1.31 bits per heavy atom. The fourth-order valence-corrected chi connectivity index (χ4v) is 1.75. The van der Waals surface area contributed by atoms with Crippen molar-refractivity contribution in [1.29, 1.82) is 0 Å². The monoisotopic (exact) mass is 236 g/mol. The third-order valence-electron chi connectivity index (χ3n) is 1.79. The minimum Gasteiger partial charge on any atom is -0.370 e. The van der Waals surface area contributed by atoms with Crippen molar-refractivity contribution in [1.82, 2.24) is 25.1 Å². The zero-order valence-corrected chi connectivity index (χ0v) is 9.66. The van der Waals surface area contributed by atoms with E-state index in [9.17, 15) is 0 Å². The molecular formula is C9H12N6S. The normalized spacial score (nSPS) is 10.3. The van der Waals surface area contributed by atoms with Crippen LogP contribution in [0.25, 0.3) is 0 Å². The molecule has 6 nitrogen and oxygen atoms in total. The molecule has 2 aromatic heterocycles. The first-order valence-electron chi connectivity index (χ1n) is 4.97. The van der Waals surface area contributed by atoms with Gasteiger partial charge in [-0.05, 0) is 18.2 Å². The molecule has 0 fully saturated rings. The molecule has 0 spiro atoms. The summed E-state index contributed by atoms with van der Waals surface area (Å²) in [5.41, 5.74) is 0. The number of nitrogens with zero attached hydrogens (tertiary/aromatic N) is 4. The average molecular weight is 236 g/mol.